The summed E-state index contributed by atoms with van der Waals surface area (Å²) in [5, 5.41) is 22.8. The molecule has 1 heterocycles. The lowest BCUT2D eigenvalue weighted by molar-refractivity contribution is 0.102. The molecule has 6 nitrogen and oxygen atoms in total. The van der Waals surface area contributed by atoms with Crippen LogP contribution in [-0.2, 0) is 0 Å². The van der Waals surface area contributed by atoms with Gasteiger partial charge in [-0.05, 0) is 48.5 Å². The number of nitrogens with zero attached hydrogens (tertiary/aromatic N) is 3. The molecule has 2 aromatic carbocycles. The SMILES string of the molecule is N#Cc1ccccc1Nc1ccc(C(=O)Nc2ccc(Br)cc2)nn1. The highest BCUT2D eigenvalue weighted by molar-refractivity contribution is 9.10. The van der Waals surface area contributed by atoms with Crippen LogP contribution in [0.3, 0.4) is 0 Å². The first kappa shape index (κ1) is 16.6. The molecule has 0 aliphatic carbocycles. The van der Waals surface area contributed by atoms with Crippen molar-refractivity contribution in [2.75, 3.05) is 10.6 Å². The highest BCUT2D eigenvalue weighted by Crippen LogP contribution is 2.19. The fourth-order valence-electron chi connectivity index (χ4n) is 2.08. The molecule has 3 rings (SSSR count). The fraction of sp³-hybridized carbons (Fsp3) is 0. The third-order valence-electron chi connectivity index (χ3n) is 3.31. The number of carbonyl (C=O) groups is 1. The molecule has 0 saturated carbocycles. The van der Waals surface area contributed by atoms with E-state index in [1.807, 2.05) is 18.2 Å². The predicted molar refractivity (Wildman–Crippen MR) is 98.6 cm³/mol. The van der Waals surface area contributed by atoms with E-state index in [4.69, 9.17) is 5.26 Å². The predicted octanol–water partition coefficient (Wildman–Crippen LogP) is 4.11. The zero-order chi connectivity index (χ0) is 17.6. The van der Waals surface area contributed by atoms with Gasteiger partial charge in [0.05, 0.1) is 11.3 Å². The average Bonchev–Trinajstić information content (AvgIpc) is 2.64. The molecule has 0 bridgehead atoms. The van der Waals surface area contributed by atoms with Gasteiger partial charge >= 0.3 is 0 Å². The molecule has 0 fully saturated rings. The quantitative estimate of drug-likeness (QED) is 0.695. The Hall–Kier alpha value is -3.24. The van der Waals surface area contributed by atoms with Gasteiger partial charge in [0.25, 0.3) is 5.91 Å². The molecule has 25 heavy (non-hydrogen) atoms. The Labute approximate surface area is 152 Å². The van der Waals surface area contributed by atoms with E-state index >= 15 is 0 Å². The third-order valence-corrected chi connectivity index (χ3v) is 3.84. The first-order valence-electron chi connectivity index (χ1n) is 7.32. The van der Waals surface area contributed by atoms with Crippen LogP contribution in [-0.4, -0.2) is 16.1 Å². The van der Waals surface area contributed by atoms with Crippen LogP contribution in [0.15, 0.2) is 65.1 Å². The number of nitrogens with one attached hydrogen (secondary N) is 2. The second-order valence-corrected chi connectivity index (χ2v) is 5.96. The van der Waals surface area contributed by atoms with E-state index in [2.05, 4.69) is 42.8 Å². The Morgan fingerprint density at radius 2 is 1.76 bits per heavy atom. The molecule has 0 aliphatic rings. The van der Waals surface area contributed by atoms with E-state index in [0.717, 1.165) is 4.47 Å². The smallest absolute Gasteiger partial charge is 0.276 e. The van der Waals surface area contributed by atoms with Gasteiger partial charge in [-0.25, -0.2) is 0 Å². The average molecular weight is 394 g/mol. The van der Waals surface area contributed by atoms with Gasteiger partial charge in [0, 0.05) is 10.2 Å². The zero-order valence-corrected chi connectivity index (χ0v) is 14.5. The third kappa shape index (κ3) is 4.19. The lowest BCUT2D eigenvalue weighted by atomic mass is 10.2. The first-order valence-corrected chi connectivity index (χ1v) is 8.12. The highest BCUT2D eigenvalue weighted by atomic mass is 79.9. The van der Waals surface area contributed by atoms with Crippen LogP contribution in [0.5, 0.6) is 0 Å². The van der Waals surface area contributed by atoms with Crippen molar-refractivity contribution in [1.29, 1.82) is 5.26 Å². The summed E-state index contributed by atoms with van der Waals surface area (Å²) in [6, 6.07) is 19.6. The molecule has 1 aromatic heterocycles. The minimum atomic E-state index is -0.348. The number of hydrogen-bond acceptors (Lipinski definition) is 5. The molecule has 2 N–H and O–H groups in total. The van der Waals surface area contributed by atoms with Crippen LogP contribution >= 0.6 is 15.9 Å². The molecule has 0 radical (unpaired) electrons. The van der Waals surface area contributed by atoms with Crippen LogP contribution in [0, 0.1) is 11.3 Å². The van der Waals surface area contributed by atoms with E-state index in [0.29, 0.717) is 22.8 Å². The summed E-state index contributed by atoms with van der Waals surface area (Å²) in [5.74, 6) is 0.0988. The van der Waals surface area contributed by atoms with Crippen LogP contribution in [0.25, 0.3) is 0 Å². The van der Waals surface area contributed by atoms with Crippen molar-refractivity contribution >= 4 is 39.0 Å². The summed E-state index contributed by atoms with van der Waals surface area (Å²) in [6.45, 7) is 0. The number of para-hydroxylation sites is 1. The number of halogens is 1. The number of rotatable bonds is 4. The number of anilines is 3. The van der Waals surface area contributed by atoms with E-state index in [1.54, 1.807) is 42.5 Å². The Morgan fingerprint density at radius 1 is 1.00 bits per heavy atom. The van der Waals surface area contributed by atoms with Crippen molar-refractivity contribution in [3.05, 3.63) is 76.4 Å². The van der Waals surface area contributed by atoms with Crippen LogP contribution < -0.4 is 10.6 Å². The van der Waals surface area contributed by atoms with Crippen LogP contribution in [0.4, 0.5) is 17.2 Å². The molecular weight excluding hydrogens is 382 g/mol. The Morgan fingerprint density at radius 3 is 2.44 bits per heavy atom. The number of carbonyl (C=O) groups excluding carboxylic acids is 1. The molecule has 0 saturated heterocycles. The van der Waals surface area contributed by atoms with E-state index in [1.165, 1.54) is 0 Å². The second-order valence-electron chi connectivity index (χ2n) is 5.05. The van der Waals surface area contributed by atoms with E-state index in [9.17, 15) is 4.79 Å². The number of benzene rings is 2. The Kier molecular flexibility index (Phi) is 5.02. The van der Waals surface area contributed by atoms with Gasteiger partial charge in [-0.3, -0.25) is 4.79 Å². The van der Waals surface area contributed by atoms with Crippen molar-refractivity contribution in [2.45, 2.75) is 0 Å². The number of hydrogen-bond donors (Lipinski definition) is 2. The normalized spacial score (nSPS) is 9.92. The molecule has 1 amide bonds. The zero-order valence-electron chi connectivity index (χ0n) is 12.9. The summed E-state index contributed by atoms with van der Waals surface area (Å²) in [6.07, 6.45) is 0. The topological polar surface area (TPSA) is 90.7 Å². The number of nitriles is 1. The van der Waals surface area contributed by atoms with Crippen LogP contribution in [0.2, 0.25) is 0 Å². The molecule has 0 aliphatic heterocycles. The lowest BCUT2D eigenvalue weighted by Crippen LogP contribution is -2.14. The summed E-state index contributed by atoms with van der Waals surface area (Å²) < 4.78 is 0.929. The summed E-state index contributed by atoms with van der Waals surface area (Å²) in [5.41, 5.74) is 2.00. The molecule has 0 unspecified atom stereocenters. The summed E-state index contributed by atoms with van der Waals surface area (Å²) in [4.78, 5) is 12.2. The summed E-state index contributed by atoms with van der Waals surface area (Å²) >= 11 is 3.34. The lowest BCUT2D eigenvalue weighted by Gasteiger charge is -2.07. The van der Waals surface area contributed by atoms with E-state index < -0.39 is 0 Å². The van der Waals surface area contributed by atoms with Gasteiger partial charge < -0.3 is 10.6 Å². The fourth-order valence-corrected chi connectivity index (χ4v) is 2.34. The van der Waals surface area contributed by atoms with E-state index in [-0.39, 0.29) is 11.6 Å². The van der Waals surface area contributed by atoms with Crippen molar-refractivity contribution in [3.63, 3.8) is 0 Å². The van der Waals surface area contributed by atoms with Crippen molar-refractivity contribution in [2.24, 2.45) is 0 Å². The van der Waals surface area contributed by atoms with Crippen LogP contribution in [0.1, 0.15) is 16.1 Å². The maximum atomic E-state index is 12.2. The van der Waals surface area contributed by atoms with Crippen molar-refractivity contribution in [1.82, 2.24) is 10.2 Å². The Balaban J connectivity index is 1.70. The molecule has 0 atom stereocenters. The maximum absolute atomic E-state index is 12.2. The standard InChI is InChI=1S/C18H12BrN5O/c19-13-5-7-14(8-6-13)21-18(25)16-9-10-17(24-23-16)22-15-4-2-1-3-12(15)11-20/h1-10H,(H,21,25)(H,22,24). The first-order chi connectivity index (χ1) is 12.2. The number of amides is 1. The summed E-state index contributed by atoms with van der Waals surface area (Å²) in [7, 11) is 0. The van der Waals surface area contributed by atoms with Crippen molar-refractivity contribution in [3.8, 4) is 6.07 Å². The highest BCUT2D eigenvalue weighted by Gasteiger charge is 2.09. The molecule has 3 aromatic rings. The van der Waals surface area contributed by atoms with Gasteiger partial charge in [-0.15, -0.1) is 10.2 Å². The molecular formula is C18H12BrN5O. The van der Waals surface area contributed by atoms with Gasteiger partial charge in [-0.2, -0.15) is 5.26 Å². The molecule has 122 valence electrons. The number of aromatic nitrogens is 2. The molecule has 7 heteroatoms. The minimum Gasteiger partial charge on any atom is -0.338 e. The van der Waals surface area contributed by atoms with Gasteiger partial charge in [0.15, 0.2) is 11.5 Å². The largest absolute Gasteiger partial charge is 0.338 e. The monoisotopic (exact) mass is 393 g/mol. The Bertz CT molecular complexity index is 933. The van der Waals surface area contributed by atoms with Gasteiger partial charge in [0.1, 0.15) is 6.07 Å². The van der Waals surface area contributed by atoms with Gasteiger partial charge in [-0.1, -0.05) is 28.1 Å². The second kappa shape index (κ2) is 7.55. The maximum Gasteiger partial charge on any atom is 0.276 e. The van der Waals surface area contributed by atoms with Crippen molar-refractivity contribution < 1.29 is 4.79 Å². The minimum absolute atomic E-state index is 0.196. The molecule has 0 spiro atoms. The van der Waals surface area contributed by atoms with Gasteiger partial charge in [0.2, 0.25) is 0 Å².